The lowest BCUT2D eigenvalue weighted by molar-refractivity contribution is -0.115. The second-order valence-electron chi connectivity index (χ2n) is 6.89. The minimum atomic E-state index is -0.365. The Balaban J connectivity index is 2.22. The first kappa shape index (κ1) is 21.0. The average molecular weight is 382 g/mol. The van der Waals surface area contributed by atoms with E-state index in [0.29, 0.717) is 16.5 Å². The Morgan fingerprint density at radius 2 is 1.89 bits per heavy atom. The molecule has 1 heterocycles. The Kier molecular flexibility index (Phi) is 7.04. The van der Waals surface area contributed by atoms with Crippen LogP contribution in [0.3, 0.4) is 0 Å². The molecule has 5 heteroatoms. The quantitative estimate of drug-likeness (QED) is 0.670. The van der Waals surface area contributed by atoms with Gasteiger partial charge >= 0.3 is 0 Å². The number of anilines is 1. The fourth-order valence-electron chi connectivity index (χ4n) is 2.84. The second-order valence-corrected chi connectivity index (χ2v) is 8.21. The van der Waals surface area contributed by atoms with Crippen LogP contribution >= 0.6 is 11.8 Å². The van der Waals surface area contributed by atoms with E-state index in [2.05, 4.69) is 36.3 Å². The zero-order valence-corrected chi connectivity index (χ0v) is 17.7. The molecular weight excluding hydrogens is 354 g/mol. The van der Waals surface area contributed by atoms with Crippen molar-refractivity contribution in [1.82, 2.24) is 4.98 Å². The van der Waals surface area contributed by atoms with Gasteiger partial charge in [-0.3, -0.25) is 4.79 Å². The molecule has 1 aromatic heterocycles. The number of pyridine rings is 1. The number of carbonyl (C=O) groups excluding carboxylic acids is 1. The zero-order valence-electron chi connectivity index (χ0n) is 16.9. The third kappa shape index (κ3) is 4.70. The first-order valence-electron chi connectivity index (χ1n) is 9.24. The van der Waals surface area contributed by atoms with Gasteiger partial charge in [0.25, 0.3) is 0 Å². The van der Waals surface area contributed by atoms with Gasteiger partial charge in [-0.2, -0.15) is 5.26 Å². The van der Waals surface area contributed by atoms with Crippen LogP contribution in [-0.2, 0) is 4.79 Å². The lowest BCUT2D eigenvalue weighted by Crippen LogP contribution is -2.23. The topological polar surface area (TPSA) is 65.8 Å². The maximum atomic E-state index is 12.8. The summed E-state index contributed by atoms with van der Waals surface area (Å²) in [4.78, 5) is 17.3. The second kappa shape index (κ2) is 9.05. The van der Waals surface area contributed by atoms with E-state index >= 15 is 0 Å². The van der Waals surface area contributed by atoms with Crippen LogP contribution in [0.2, 0.25) is 0 Å². The van der Waals surface area contributed by atoms with Crippen LogP contribution in [0.15, 0.2) is 29.3 Å². The molecule has 2 rings (SSSR count). The maximum absolute atomic E-state index is 12.8. The Hall–Kier alpha value is -2.32. The minimum absolute atomic E-state index is 0.0858. The van der Waals surface area contributed by atoms with Crippen molar-refractivity contribution in [3.63, 3.8) is 0 Å². The van der Waals surface area contributed by atoms with Gasteiger partial charge in [-0.05, 0) is 62.8 Å². The number of aryl methyl sites for hydroxylation is 1. The van der Waals surface area contributed by atoms with Crippen LogP contribution in [0.4, 0.5) is 5.69 Å². The lowest BCUT2D eigenvalue weighted by Gasteiger charge is -2.18. The molecule has 0 radical (unpaired) electrons. The van der Waals surface area contributed by atoms with Gasteiger partial charge in [-0.25, -0.2) is 4.98 Å². The predicted molar refractivity (Wildman–Crippen MR) is 112 cm³/mol. The molecule has 1 amide bonds. The number of nitrogens with zero attached hydrogens (tertiary/aromatic N) is 2. The van der Waals surface area contributed by atoms with Crippen molar-refractivity contribution in [2.75, 3.05) is 5.32 Å². The highest BCUT2D eigenvalue weighted by molar-refractivity contribution is 8.00. The van der Waals surface area contributed by atoms with E-state index in [1.54, 1.807) is 0 Å². The van der Waals surface area contributed by atoms with Crippen LogP contribution in [0.5, 0.6) is 0 Å². The fraction of sp³-hybridized carbons (Fsp3) is 0.409. The molecule has 1 N–H and O–H groups in total. The summed E-state index contributed by atoms with van der Waals surface area (Å²) in [6.07, 6.45) is 1.01. The van der Waals surface area contributed by atoms with Gasteiger partial charge in [0.05, 0.1) is 10.8 Å². The smallest absolute Gasteiger partial charge is 0.237 e. The number of hydrogen-bond acceptors (Lipinski definition) is 4. The molecular formula is C22H27N3OS. The van der Waals surface area contributed by atoms with Crippen LogP contribution in [0.25, 0.3) is 0 Å². The maximum Gasteiger partial charge on any atom is 0.237 e. The summed E-state index contributed by atoms with van der Waals surface area (Å²) in [5.41, 5.74) is 5.40. The van der Waals surface area contributed by atoms with Crippen LogP contribution < -0.4 is 5.32 Å². The van der Waals surface area contributed by atoms with Crippen molar-refractivity contribution in [2.45, 2.75) is 64.2 Å². The predicted octanol–water partition coefficient (Wildman–Crippen LogP) is 5.51. The van der Waals surface area contributed by atoms with Crippen molar-refractivity contribution in [1.29, 1.82) is 5.26 Å². The fourth-order valence-corrected chi connectivity index (χ4v) is 3.85. The van der Waals surface area contributed by atoms with E-state index in [-0.39, 0.29) is 11.2 Å². The largest absolute Gasteiger partial charge is 0.325 e. The molecule has 0 aliphatic carbocycles. The zero-order chi connectivity index (χ0) is 20.1. The molecule has 2 aromatic rings. The molecule has 0 unspecified atom stereocenters. The number of benzene rings is 1. The van der Waals surface area contributed by atoms with E-state index in [1.165, 1.54) is 11.8 Å². The number of hydrogen-bond donors (Lipinski definition) is 1. The number of amides is 1. The van der Waals surface area contributed by atoms with Gasteiger partial charge in [-0.15, -0.1) is 0 Å². The average Bonchev–Trinajstić information content (AvgIpc) is 2.66. The van der Waals surface area contributed by atoms with E-state index in [9.17, 15) is 10.1 Å². The summed E-state index contributed by atoms with van der Waals surface area (Å²) in [5, 5.41) is 12.8. The number of carbonyl (C=O) groups is 1. The highest BCUT2D eigenvalue weighted by atomic mass is 32.2. The normalized spacial score (nSPS) is 12.9. The molecule has 0 fully saturated rings. The molecule has 1 aromatic carbocycles. The Morgan fingerprint density at radius 1 is 1.22 bits per heavy atom. The first-order valence-corrected chi connectivity index (χ1v) is 10.1. The molecule has 0 bridgehead atoms. The van der Waals surface area contributed by atoms with Crippen molar-refractivity contribution in [2.24, 2.45) is 0 Å². The molecule has 142 valence electrons. The number of para-hydroxylation sites is 1. The highest BCUT2D eigenvalue weighted by Gasteiger charge is 2.21. The van der Waals surface area contributed by atoms with Gasteiger partial charge in [0.1, 0.15) is 11.1 Å². The number of nitrogens with one attached hydrogen (secondary N) is 1. The van der Waals surface area contributed by atoms with Crippen molar-refractivity contribution in [3.05, 3.63) is 52.2 Å². The molecule has 0 saturated carbocycles. The number of nitriles is 1. The van der Waals surface area contributed by atoms with Gasteiger partial charge in [0.15, 0.2) is 0 Å². The van der Waals surface area contributed by atoms with Crippen LogP contribution in [-0.4, -0.2) is 16.1 Å². The SMILES string of the molecule is CC[C@H](C)c1ccccc1NC(=O)[C@@H](C)Sc1nc(C)c(C)c(C)c1C#N. The van der Waals surface area contributed by atoms with E-state index < -0.39 is 0 Å². The van der Waals surface area contributed by atoms with Gasteiger partial charge in [-0.1, -0.05) is 43.8 Å². The van der Waals surface area contributed by atoms with Crippen LogP contribution in [0.1, 0.15) is 61.1 Å². The summed E-state index contributed by atoms with van der Waals surface area (Å²) in [7, 11) is 0. The van der Waals surface area contributed by atoms with E-state index in [1.807, 2.05) is 45.9 Å². The third-order valence-corrected chi connectivity index (χ3v) is 6.18. The molecule has 2 atom stereocenters. The number of aromatic nitrogens is 1. The molecule has 0 saturated heterocycles. The summed E-state index contributed by atoms with van der Waals surface area (Å²) in [6, 6.07) is 10.2. The van der Waals surface area contributed by atoms with E-state index in [4.69, 9.17) is 0 Å². The molecule has 0 aliphatic heterocycles. The number of rotatable bonds is 6. The Bertz CT molecular complexity index is 886. The summed E-state index contributed by atoms with van der Waals surface area (Å²) in [6.45, 7) is 12.0. The summed E-state index contributed by atoms with van der Waals surface area (Å²) >= 11 is 1.33. The van der Waals surface area contributed by atoms with Crippen molar-refractivity contribution >= 4 is 23.4 Å². The first-order chi connectivity index (χ1) is 12.8. The van der Waals surface area contributed by atoms with Gasteiger partial charge in [0.2, 0.25) is 5.91 Å². The standard InChI is InChI=1S/C22H27N3OS/c1-7-13(2)18-10-8-9-11-20(18)25-21(26)17(6)27-22-19(12-23)15(4)14(3)16(5)24-22/h8-11,13,17H,7H2,1-6H3,(H,25,26)/t13-,17+/m0/s1. The molecule has 0 aliphatic rings. The van der Waals surface area contributed by atoms with E-state index in [0.717, 1.165) is 34.5 Å². The number of thioether (sulfide) groups is 1. The van der Waals surface area contributed by atoms with Crippen molar-refractivity contribution in [3.8, 4) is 6.07 Å². The molecule has 4 nitrogen and oxygen atoms in total. The van der Waals surface area contributed by atoms with Crippen LogP contribution in [0, 0.1) is 32.1 Å². The lowest BCUT2D eigenvalue weighted by atomic mass is 9.97. The summed E-state index contributed by atoms with van der Waals surface area (Å²) in [5.74, 6) is 0.288. The monoisotopic (exact) mass is 381 g/mol. The summed E-state index contributed by atoms with van der Waals surface area (Å²) < 4.78 is 0. The van der Waals surface area contributed by atoms with Crippen molar-refractivity contribution < 1.29 is 4.79 Å². The molecule has 27 heavy (non-hydrogen) atoms. The van der Waals surface area contributed by atoms with Gasteiger partial charge < -0.3 is 5.32 Å². The third-order valence-electron chi connectivity index (χ3n) is 5.09. The Labute approximate surface area is 166 Å². The minimum Gasteiger partial charge on any atom is -0.325 e. The Morgan fingerprint density at radius 3 is 2.52 bits per heavy atom. The van der Waals surface area contributed by atoms with Gasteiger partial charge in [0, 0.05) is 11.4 Å². The molecule has 0 spiro atoms. The highest BCUT2D eigenvalue weighted by Crippen LogP contribution is 2.31.